The second kappa shape index (κ2) is 4.09. The average molecular weight is 152 g/mol. The van der Waals surface area contributed by atoms with E-state index in [4.69, 9.17) is 5.11 Å². The first-order valence-corrected chi connectivity index (χ1v) is 3.16. The molecule has 1 rings (SSSR count). The van der Waals surface area contributed by atoms with Crippen molar-refractivity contribution in [1.29, 1.82) is 0 Å². The van der Waals surface area contributed by atoms with E-state index in [0.717, 1.165) is 13.1 Å². The van der Waals surface area contributed by atoms with Gasteiger partial charge in [-0.1, -0.05) is 6.92 Å². The van der Waals surface area contributed by atoms with Gasteiger partial charge >= 0.3 is 0 Å². The van der Waals surface area contributed by atoms with Crippen molar-refractivity contribution >= 4 is 12.4 Å². The molecular weight excluding hydrogens is 138 g/mol. The maximum Gasteiger partial charge on any atom is 0.0474 e. The molecule has 1 aliphatic heterocycles. The third-order valence-electron chi connectivity index (χ3n) is 1.91. The summed E-state index contributed by atoms with van der Waals surface area (Å²) in [6.45, 7) is 4.58. The zero-order valence-electron chi connectivity index (χ0n) is 5.63. The molecule has 2 N–H and O–H groups in total. The molecule has 1 heterocycles. The molecule has 1 saturated heterocycles. The van der Waals surface area contributed by atoms with Crippen LogP contribution >= 0.6 is 12.4 Å². The van der Waals surface area contributed by atoms with E-state index in [0.29, 0.717) is 18.4 Å². The van der Waals surface area contributed by atoms with Crippen LogP contribution in [0.4, 0.5) is 0 Å². The van der Waals surface area contributed by atoms with Crippen molar-refractivity contribution in [2.45, 2.75) is 6.92 Å². The van der Waals surface area contributed by atoms with Crippen LogP contribution in [0.5, 0.6) is 0 Å². The van der Waals surface area contributed by atoms with E-state index in [1.165, 1.54) is 0 Å². The first kappa shape index (κ1) is 9.21. The van der Waals surface area contributed by atoms with Crippen molar-refractivity contribution < 1.29 is 5.11 Å². The van der Waals surface area contributed by atoms with Crippen molar-refractivity contribution in [3.63, 3.8) is 0 Å². The summed E-state index contributed by atoms with van der Waals surface area (Å²) < 4.78 is 0. The van der Waals surface area contributed by atoms with E-state index in [1.807, 2.05) is 0 Å². The number of hydrogen-bond donors (Lipinski definition) is 2. The Hall–Kier alpha value is 0.210. The van der Waals surface area contributed by atoms with Crippen LogP contribution in [0, 0.1) is 11.8 Å². The lowest BCUT2D eigenvalue weighted by atomic mass is 10.00. The summed E-state index contributed by atoms with van der Waals surface area (Å²) >= 11 is 0. The van der Waals surface area contributed by atoms with Gasteiger partial charge in [-0.05, 0) is 18.4 Å². The van der Waals surface area contributed by atoms with Gasteiger partial charge in [-0.3, -0.25) is 0 Å². The lowest BCUT2D eigenvalue weighted by Gasteiger charge is -2.07. The molecule has 0 amide bonds. The molecule has 1 aliphatic rings. The molecule has 0 aromatic rings. The average Bonchev–Trinajstić information content (AvgIpc) is 2.14. The van der Waals surface area contributed by atoms with E-state index in [1.54, 1.807) is 0 Å². The summed E-state index contributed by atoms with van der Waals surface area (Å²) in [7, 11) is 0. The topological polar surface area (TPSA) is 32.3 Å². The van der Waals surface area contributed by atoms with Crippen LogP contribution < -0.4 is 5.32 Å². The molecule has 9 heavy (non-hydrogen) atoms. The Balaban J connectivity index is 0.000000640. The van der Waals surface area contributed by atoms with Crippen molar-refractivity contribution in [2.75, 3.05) is 19.7 Å². The quantitative estimate of drug-likeness (QED) is 0.564. The van der Waals surface area contributed by atoms with Crippen LogP contribution in [-0.2, 0) is 0 Å². The zero-order valence-corrected chi connectivity index (χ0v) is 6.45. The summed E-state index contributed by atoms with van der Waals surface area (Å²) in [5.41, 5.74) is 0. The van der Waals surface area contributed by atoms with E-state index in [-0.39, 0.29) is 12.4 Å². The number of aliphatic hydroxyl groups excluding tert-OH is 1. The first-order chi connectivity index (χ1) is 3.84. The highest BCUT2D eigenvalue weighted by atomic mass is 35.5. The Morgan fingerprint density at radius 2 is 2.22 bits per heavy atom. The summed E-state index contributed by atoms with van der Waals surface area (Å²) in [5, 5.41) is 11.9. The lowest BCUT2D eigenvalue weighted by molar-refractivity contribution is 0.212. The van der Waals surface area contributed by atoms with Gasteiger partial charge in [0, 0.05) is 13.2 Å². The maximum absolute atomic E-state index is 8.70. The molecule has 2 unspecified atom stereocenters. The van der Waals surface area contributed by atoms with E-state index in [2.05, 4.69) is 12.2 Å². The fourth-order valence-corrected chi connectivity index (χ4v) is 1.11. The number of halogens is 1. The van der Waals surface area contributed by atoms with Gasteiger partial charge in [0.05, 0.1) is 0 Å². The maximum atomic E-state index is 8.70. The minimum atomic E-state index is 0. The second-order valence-corrected chi connectivity index (χ2v) is 2.58. The Morgan fingerprint density at radius 1 is 1.56 bits per heavy atom. The van der Waals surface area contributed by atoms with Crippen molar-refractivity contribution in [3.8, 4) is 0 Å². The molecule has 0 aromatic heterocycles. The predicted molar refractivity (Wildman–Crippen MR) is 39.9 cm³/mol. The third-order valence-corrected chi connectivity index (χ3v) is 1.91. The van der Waals surface area contributed by atoms with Crippen molar-refractivity contribution in [1.82, 2.24) is 5.32 Å². The number of hydrogen-bond acceptors (Lipinski definition) is 2. The van der Waals surface area contributed by atoms with Gasteiger partial charge in [0.2, 0.25) is 0 Å². The number of rotatable bonds is 1. The normalized spacial score (nSPS) is 34.0. The minimum Gasteiger partial charge on any atom is -0.396 e. The lowest BCUT2D eigenvalue weighted by Crippen LogP contribution is -2.13. The van der Waals surface area contributed by atoms with Crippen LogP contribution in [0.2, 0.25) is 0 Å². The Bertz CT molecular complexity index is 79.5. The predicted octanol–water partition coefficient (Wildman–Crippen LogP) is 0.256. The molecule has 0 aromatic carbocycles. The standard InChI is InChI=1S/C6H13NO.ClH/c1-5-2-7-3-6(5)4-8;/h5-8H,2-4H2,1H3;1H. The van der Waals surface area contributed by atoms with Crippen molar-refractivity contribution in [2.24, 2.45) is 11.8 Å². The molecule has 0 spiro atoms. The van der Waals surface area contributed by atoms with Gasteiger partial charge in [-0.2, -0.15) is 0 Å². The fourth-order valence-electron chi connectivity index (χ4n) is 1.11. The summed E-state index contributed by atoms with van der Waals surface area (Å²) in [5.74, 6) is 1.18. The number of nitrogens with one attached hydrogen (secondary N) is 1. The largest absolute Gasteiger partial charge is 0.396 e. The van der Waals surface area contributed by atoms with Crippen LogP contribution in [0.3, 0.4) is 0 Å². The molecule has 0 radical (unpaired) electrons. The van der Waals surface area contributed by atoms with Crippen LogP contribution in [0.1, 0.15) is 6.92 Å². The van der Waals surface area contributed by atoms with Crippen molar-refractivity contribution in [3.05, 3.63) is 0 Å². The SMILES string of the molecule is CC1CNCC1CO.Cl. The van der Waals surface area contributed by atoms with E-state index < -0.39 is 0 Å². The van der Waals surface area contributed by atoms with E-state index >= 15 is 0 Å². The van der Waals surface area contributed by atoms with Crippen LogP contribution in [-0.4, -0.2) is 24.8 Å². The van der Waals surface area contributed by atoms with Gasteiger partial charge in [0.1, 0.15) is 0 Å². The molecule has 0 bridgehead atoms. The second-order valence-electron chi connectivity index (χ2n) is 2.58. The zero-order chi connectivity index (χ0) is 5.98. The molecule has 0 saturated carbocycles. The van der Waals surface area contributed by atoms with Gasteiger partial charge in [0.25, 0.3) is 0 Å². The molecule has 2 nitrogen and oxygen atoms in total. The fraction of sp³-hybridized carbons (Fsp3) is 1.00. The minimum absolute atomic E-state index is 0. The highest BCUT2D eigenvalue weighted by molar-refractivity contribution is 5.85. The van der Waals surface area contributed by atoms with Crippen LogP contribution in [0.15, 0.2) is 0 Å². The molecular formula is C6H14ClNO. The molecule has 1 fully saturated rings. The van der Waals surface area contributed by atoms with Gasteiger partial charge in [-0.25, -0.2) is 0 Å². The Kier molecular flexibility index (Phi) is 4.19. The molecule has 0 aliphatic carbocycles. The highest BCUT2D eigenvalue weighted by Gasteiger charge is 2.21. The number of aliphatic hydroxyl groups is 1. The van der Waals surface area contributed by atoms with E-state index in [9.17, 15) is 0 Å². The molecule has 3 heteroatoms. The third kappa shape index (κ3) is 2.12. The first-order valence-electron chi connectivity index (χ1n) is 3.16. The monoisotopic (exact) mass is 151 g/mol. The Morgan fingerprint density at radius 3 is 2.44 bits per heavy atom. The highest BCUT2D eigenvalue weighted by Crippen LogP contribution is 2.13. The Labute approximate surface area is 62.1 Å². The van der Waals surface area contributed by atoms with Gasteiger partial charge < -0.3 is 10.4 Å². The summed E-state index contributed by atoms with van der Waals surface area (Å²) in [6, 6.07) is 0. The van der Waals surface area contributed by atoms with Gasteiger partial charge in [0.15, 0.2) is 0 Å². The molecule has 2 atom stereocenters. The summed E-state index contributed by atoms with van der Waals surface area (Å²) in [4.78, 5) is 0. The molecule has 56 valence electrons. The van der Waals surface area contributed by atoms with Crippen LogP contribution in [0.25, 0.3) is 0 Å². The summed E-state index contributed by atoms with van der Waals surface area (Å²) in [6.07, 6.45) is 0. The van der Waals surface area contributed by atoms with Gasteiger partial charge in [-0.15, -0.1) is 12.4 Å². The smallest absolute Gasteiger partial charge is 0.0474 e.